The SMILES string of the molecule is Cc1ccc(NC(=O)c2ccc(CN)cc2)cc1Nc1ccnc(-c2cccc3c2oc2ccccc23)c1. The van der Waals surface area contributed by atoms with Crippen LogP contribution in [0.25, 0.3) is 33.2 Å². The number of amides is 1. The molecule has 2 aromatic heterocycles. The van der Waals surface area contributed by atoms with Gasteiger partial charge in [0.1, 0.15) is 11.2 Å². The molecule has 0 radical (unpaired) electrons. The second-order valence-corrected chi connectivity index (χ2v) is 9.22. The molecular formula is C32H26N4O2. The van der Waals surface area contributed by atoms with E-state index in [0.717, 1.165) is 55.7 Å². The maximum atomic E-state index is 12.8. The van der Waals surface area contributed by atoms with Crippen LogP contribution >= 0.6 is 0 Å². The highest BCUT2D eigenvalue weighted by molar-refractivity contribution is 6.09. The van der Waals surface area contributed by atoms with Crippen LogP contribution in [0.1, 0.15) is 21.5 Å². The summed E-state index contributed by atoms with van der Waals surface area (Å²) >= 11 is 0. The van der Waals surface area contributed by atoms with Gasteiger partial charge in [-0.25, -0.2) is 0 Å². The van der Waals surface area contributed by atoms with E-state index in [1.54, 1.807) is 18.3 Å². The number of aromatic nitrogens is 1. The molecule has 6 rings (SSSR count). The van der Waals surface area contributed by atoms with Crippen molar-refractivity contribution < 1.29 is 9.21 Å². The van der Waals surface area contributed by atoms with Crippen LogP contribution < -0.4 is 16.4 Å². The van der Waals surface area contributed by atoms with E-state index in [0.29, 0.717) is 17.8 Å². The van der Waals surface area contributed by atoms with Gasteiger partial charge >= 0.3 is 0 Å². The number of anilines is 3. The Kier molecular flexibility index (Phi) is 6.08. The van der Waals surface area contributed by atoms with Crippen molar-refractivity contribution >= 4 is 44.9 Å². The monoisotopic (exact) mass is 498 g/mol. The third-order valence-electron chi connectivity index (χ3n) is 6.67. The third kappa shape index (κ3) is 4.49. The molecular weight excluding hydrogens is 472 g/mol. The molecule has 1 amide bonds. The molecule has 0 aliphatic heterocycles. The highest BCUT2D eigenvalue weighted by Crippen LogP contribution is 2.36. The van der Waals surface area contributed by atoms with Gasteiger partial charge in [-0.1, -0.05) is 48.5 Å². The molecule has 0 aliphatic rings. The van der Waals surface area contributed by atoms with Crippen LogP contribution in [0.3, 0.4) is 0 Å². The van der Waals surface area contributed by atoms with E-state index >= 15 is 0 Å². The molecule has 0 bridgehead atoms. The molecule has 38 heavy (non-hydrogen) atoms. The van der Waals surface area contributed by atoms with E-state index in [1.807, 2.05) is 79.7 Å². The smallest absolute Gasteiger partial charge is 0.255 e. The highest BCUT2D eigenvalue weighted by Gasteiger charge is 2.13. The molecule has 0 saturated heterocycles. The van der Waals surface area contributed by atoms with Gasteiger partial charge in [0.05, 0.1) is 5.69 Å². The Balaban J connectivity index is 1.27. The summed E-state index contributed by atoms with van der Waals surface area (Å²) in [5.74, 6) is -0.173. The number of benzene rings is 4. The van der Waals surface area contributed by atoms with Crippen molar-refractivity contribution in [1.82, 2.24) is 4.98 Å². The fourth-order valence-electron chi connectivity index (χ4n) is 4.59. The topological polar surface area (TPSA) is 93.2 Å². The number of aryl methyl sites for hydroxylation is 1. The minimum Gasteiger partial charge on any atom is -0.455 e. The van der Waals surface area contributed by atoms with Crippen molar-refractivity contribution in [1.29, 1.82) is 0 Å². The predicted molar refractivity (Wildman–Crippen MR) is 154 cm³/mol. The number of pyridine rings is 1. The summed E-state index contributed by atoms with van der Waals surface area (Å²) in [6.07, 6.45) is 1.78. The van der Waals surface area contributed by atoms with Crippen molar-refractivity contribution in [3.05, 3.63) is 120 Å². The number of nitrogens with one attached hydrogen (secondary N) is 2. The summed E-state index contributed by atoms with van der Waals surface area (Å²) in [7, 11) is 0. The third-order valence-corrected chi connectivity index (χ3v) is 6.67. The summed E-state index contributed by atoms with van der Waals surface area (Å²) in [5, 5.41) is 8.63. The molecule has 186 valence electrons. The zero-order valence-electron chi connectivity index (χ0n) is 20.9. The number of hydrogen-bond acceptors (Lipinski definition) is 5. The lowest BCUT2D eigenvalue weighted by Crippen LogP contribution is -2.12. The summed E-state index contributed by atoms with van der Waals surface area (Å²) in [4.78, 5) is 17.4. The Hall–Kier alpha value is -4.94. The highest BCUT2D eigenvalue weighted by atomic mass is 16.3. The minimum atomic E-state index is -0.173. The van der Waals surface area contributed by atoms with Gasteiger partial charge in [0.25, 0.3) is 5.91 Å². The van der Waals surface area contributed by atoms with Gasteiger partial charge in [-0.2, -0.15) is 0 Å². The van der Waals surface area contributed by atoms with Crippen molar-refractivity contribution in [3.8, 4) is 11.3 Å². The van der Waals surface area contributed by atoms with E-state index in [4.69, 9.17) is 10.2 Å². The lowest BCUT2D eigenvalue weighted by Gasteiger charge is -2.13. The molecule has 0 spiro atoms. The molecule has 0 saturated carbocycles. The molecule has 0 unspecified atom stereocenters. The minimum absolute atomic E-state index is 0.173. The number of carbonyl (C=O) groups excluding carboxylic acids is 1. The van der Waals surface area contributed by atoms with Gasteiger partial charge in [0.2, 0.25) is 0 Å². The van der Waals surface area contributed by atoms with Gasteiger partial charge in [-0.05, 0) is 66.6 Å². The number of rotatable bonds is 6. The largest absolute Gasteiger partial charge is 0.455 e. The van der Waals surface area contributed by atoms with Crippen LogP contribution in [-0.2, 0) is 6.54 Å². The lowest BCUT2D eigenvalue weighted by molar-refractivity contribution is 0.102. The zero-order chi connectivity index (χ0) is 26.1. The second kappa shape index (κ2) is 9.84. The van der Waals surface area contributed by atoms with Crippen LogP contribution in [0.4, 0.5) is 17.1 Å². The molecule has 0 aliphatic carbocycles. The maximum absolute atomic E-state index is 12.8. The van der Waals surface area contributed by atoms with Gasteiger partial charge in [-0.3, -0.25) is 9.78 Å². The van der Waals surface area contributed by atoms with E-state index in [9.17, 15) is 4.79 Å². The van der Waals surface area contributed by atoms with E-state index in [2.05, 4.69) is 27.8 Å². The van der Waals surface area contributed by atoms with E-state index < -0.39 is 0 Å². The molecule has 0 fully saturated rings. The number of nitrogens with two attached hydrogens (primary N) is 1. The molecule has 6 heteroatoms. The van der Waals surface area contributed by atoms with Crippen molar-refractivity contribution in [2.75, 3.05) is 10.6 Å². The van der Waals surface area contributed by atoms with Crippen LogP contribution in [0.15, 0.2) is 108 Å². The summed E-state index contributed by atoms with van der Waals surface area (Å²) in [6.45, 7) is 2.47. The molecule has 2 heterocycles. The molecule has 6 nitrogen and oxygen atoms in total. The average molecular weight is 499 g/mol. The van der Waals surface area contributed by atoms with Crippen LogP contribution in [0.5, 0.6) is 0 Å². The van der Waals surface area contributed by atoms with Gasteiger partial charge < -0.3 is 20.8 Å². The first-order chi connectivity index (χ1) is 18.6. The maximum Gasteiger partial charge on any atom is 0.255 e. The fourth-order valence-corrected chi connectivity index (χ4v) is 4.59. The summed E-state index contributed by atoms with van der Waals surface area (Å²) in [6, 6.07) is 31.2. The molecule has 4 N–H and O–H groups in total. The van der Waals surface area contributed by atoms with Crippen molar-refractivity contribution in [2.45, 2.75) is 13.5 Å². The van der Waals surface area contributed by atoms with Crippen LogP contribution in [0, 0.1) is 6.92 Å². The van der Waals surface area contributed by atoms with E-state index in [1.165, 1.54) is 0 Å². The Morgan fingerprint density at radius 1 is 0.868 bits per heavy atom. The number of hydrogen-bond donors (Lipinski definition) is 3. The number of fused-ring (bicyclic) bond motifs is 3. The Morgan fingerprint density at radius 2 is 1.68 bits per heavy atom. The van der Waals surface area contributed by atoms with Gasteiger partial charge in [0, 0.05) is 51.7 Å². The first-order valence-corrected chi connectivity index (χ1v) is 12.4. The number of para-hydroxylation sites is 2. The van der Waals surface area contributed by atoms with Crippen LogP contribution in [0.2, 0.25) is 0 Å². The quantitative estimate of drug-likeness (QED) is 0.222. The molecule has 0 atom stereocenters. The van der Waals surface area contributed by atoms with Crippen LogP contribution in [-0.4, -0.2) is 10.9 Å². The fraction of sp³-hybridized carbons (Fsp3) is 0.0625. The summed E-state index contributed by atoms with van der Waals surface area (Å²) < 4.78 is 6.21. The lowest BCUT2D eigenvalue weighted by atomic mass is 10.1. The zero-order valence-corrected chi connectivity index (χ0v) is 20.9. The standard InChI is InChI=1S/C32H26N4O2/c1-20-9-14-23(36-32(37)22-12-10-21(19-33)11-13-22)17-28(20)35-24-15-16-34-29(18-24)27-7-4-6-26-25-5-2-3-8-30(25)38-31(26)27/h2-18H,19,33H2,1H3,(H,34,35)(H,36,37). The van der Waals surface area contributed by atoms with Crippen molar-refractivity contribution in [3.63, 3.8) is 0 Å². The Morgan fingerprint density at radius 3 is 2.53 bits per heavy atom. The molecule has 6 aromatic rings. The number of nitrogens with zero attached hydrogens (tertiary/aromatic N) is 1. The number of carbonyl (C=O) groups is 1. The Labute approximate surface area is 220 Å². The van der Waals surface area contributed by atoms with E-state index in [-0.39, 0.29) is 5.91 Å². The average Bonchev–Trinajstić information content (AvgIpc) is 3.34. The van der Waals surface area contributed by atoms with Gasteiger partial charge in [-0.15, -0.1) is 0 Å². The first-order valence-electron chi connectivity index (χ1n) is 12.4. The van der Waals surface area contributed by atoms with Crippen molar-refractivity contribution in [2.24, 2.45) is 5.73 Å². The molecule has 4 aromatic carbocycles. The summed E-state index contributed by atoms with van der Waals surface area (Å²) in [5.41, 5.74) is 14.2. The normalized spacial score (nSPS) is 11.1. The number of furan rings is 1. The Bertz CT molecular complexity index is 1790. The second-order valence-electron chi connectivity index (χ2n) is 9.22. The van der Waals surface area contributed by atoms with Gasteiger partial charge in [0.15, 0.2) is 0 Å². The first kappa shape index (κ1) is 23.5. The predicted octanol–water partition coefficient (Wildman–Crippen LogP) is 7.41.